The van der Waals surface area contributed by atoms with Gasteiger partial charge in [0, 0.05) is 17.5 Å². The fourth-order valence-electron chi connectivity index (χ4n) is 1.95. The second kappa shape index (κ2) is 5.51. The van der Waals surface area contributed by atoms with Crippen LogP contribution in [0.4, 0.5) is 0 Å². The Morgan fingerprint density at radius 3 is 2.91 bits per heavy atom. The van der Waals surface area contributed by atoms with Crippen LogP contribution in [0, 0.1) is 6.92 Å². The van der Waals surface area contributed by atoms with Gasteiger partial charge in [0.1, 0.15) is 11.6 Å². The average molecular weight is 336 g/mol. The van der Waals surface area contributed by atoms with E-state index in [1.165, 1.54) is 22.8 Å². The Labute approximate surface area is 133 Å². The standard InChI is InChI=1S/C14H10ClN3O3S/c1-7-16-14-18(17-7)13(20)12(22-14)6-9-5-10(15)3-4-11(9)21-8(2)19/h3-6H,1-2H3/b12-6-. The summed E-state index contributed by atoms with van der Waals surface area (Å²) >= 11 is 7.18. The maximum absolute atomic E-state index is 12.3. The lowest BCUT2D eigenvalue weighted by molar-refractivity contribution is -0.131. The first-order chi connectivity index (χ1) is 10.4. The van der Waals surface area contributed by atoms with Gasteiger partial charge >= 0.3 is 5.97 Å². The zero-order valence-electron chi connectivity index (χ0n) is 11.7. The summed E-state index contributed by atoms with van der Waals surface area (Å²) in [6, 6.07) is 4.82. The number of benzene rings is 1. The van der Waals surface area contributed by atoms with Gasteiger partial charge in [-0.05, 0) is 31.2 Å². The number of hydrogen-bond acceptors (Lipinski definition) is 6. The number of aromatic nitrogens is 3. The normalized spacial score (nSPS) is 12.0. The third kappa shape index (κ3) is 2.72. The lowest BCUT2D eigenvalue weighted by Gasteiger charge is -2.05. The van der Waals surface area contributed by atoms with Crippen LogP contribution in [0.3, 0.4) is 0 Å². The number of halogens is 1. The molecule has 3 aromatic rings. The van der Waals surface area contributed by atoms with Gasteiger partial charge in [-0.25, -0.2) is 4.98 Å². The van der Waals surface area contributed by atoms with Crippen LogP contribution in [-0.2, 0) is 4.79 Å². The lowest BCUT2D eigenvalue weighted by Crippen LogP contribution is -2.23. The van der Waals surface area contributed by atoms with Gasteiger partial charge < -0.3 is 4.74 Å². The molecular weight excluding hydrogens is 326 g/mol. The first-order valence-corrected chi connectivity index (χ1v) is 7.49. The minimum atomic E-state index is -0.447. The Hall–Kier alpha value is -2.25. The van der Waals surface area contributed by atoms with Gasteiger partial charge in [0.05, 0.1) is 4.53 Å². The molecule has 1 aromatic carbocycles. The highest BCUT2D eigenvalue weighted by atomic mass is 35.5. The highest BCUT2D eigenvalue weighted by Gasteiger charge is 2.10. The van der Waals surface area contributed by atoms with E-state index in [-0.39, 0.29) is 5.56 Å². The zero-order chi connectivity index (χ0) is 15.9. The first kappa shape index (κ1) is 14.7. The predicted molar refractivity (Wildman–Crippen MR) is 83.4 cm³/mol. The van der Waals surface area contributed by atoms with E-state index in [1.54, 1.807) is 31.2 Å². The monoisotopic (exact) mass is 335 g/mol. The molecule has 22 heavy (non-hydrogen) atoms. The quantitative estimate of drug-likeness (QED) is 0.525. The molecule has 0 unspecified atom stereocenters. The molecular formula is C14H10ClN3O3S. The molecule has 2 heterocycles. The van der Waals surface area contributed by atoms with E-state index >= 15 is 0 Å². The van der Waals surface area contributed by atoms with E-state index in [0.29, 0.717) is 31.7 Å². The number of ether oxygens (including phenoxy) is 1. The molecule has 8 heteroatoms. The highest BCUT2D eigenvalue weighted by Crippen LogP contribution is 2.23. The highest BCUT2D eigenvalue weighted by molar-refractivity contribution is 7.15. The van der Waals surface area contributed by atoms with E-state index in [0.717, 1.165) is 0 Å². The molecule has 2 aromatic heterocycles. The molecule has 0 amide bonds. The molecule has 0 spiro atoms. The van der Waals surface area contributed by atoms with Gasteiger partial charge in [0.25, 0.3) is 5.56 Å². The number of hydrogen-bond donors (Lipinski definition) is 0. The number of thiazole rings is 1. The summed E-state index contributed by atoms with van der Waals surface area (Å²) in [5, 5.41) is 4.51. The molecule has 0 atom stereocenters. The molecule has 0 aliphatic rings. The van der Waals surface area contributed by atoms with Crippen LogP contribution in [0.25, 0.3) is 11.0 Å². The molecule has 0 N–H and O–H groups in total. The molecule has 0 bridgehead atoms. The van der Waals surface area contributed by atoms with E-state index in [9.17, 15) is 9.59 Å². The van der Waals surface area contributed by atoms with Crippen LogP contribution in [0.1, 0.15) is 18.3 Å². The summed E-state index contributed by atoms with van der Waals surface area (Å²) in [5.41, 5.74) is 0.273. The Morgan fingerprint density at radius 2 is 2.23 bits per heavy atom. The van der Waals surface area contributed by atoms with Crippen LogP contribution in [0.5, 0.6) is 5.75 Å². The largest absolute Gasteiger partial charge is 0.426 e. The van der Waals surface area contributed by atoms with Crippen molar-refractivity contribution in [1.29, 1.82) is 0 Å². The number of carbonyl (C=O) groups excluding carboxylic acids is 1. The number of esters is 1. The number of nitrogens with zero attached hydrogens (tertiary/aromatic N) is 3. The third-order valence-corrected chi connectivity index (χ3v) is 3.99. The second-order valence-corrected chi connectivity index (χ2v) is 5.99. The van der Waals surface area contributed by atoms with Crippen LogP contribution >= 0.6 is 22.9 Å². The van der Waals surface area contributed by atoms with Crippen molar-refractivity contribution in [2.75, 3.05) is 0 Å². The zero-order valence-corrected chi connectivity index (χ0v) is 13.2. The van der Waals surface area contributed by atoms with Crippen molar-refractivity contribution in [2.24, 2.45) is 0 Å². The summed E-state index contributed by atoms with van der Waals surface area (Å²) in [6.07, 6.45) is 1.61. The maximum Gasteiger partial charge on any atom is 0.308 e. The minimum Gasteiger partial charge on any atom is -0.426 e. The van der Waals surface area contributed by atoms with Gasteiger partial charge in [0.2, 0.25) is 4.96 Å². The van der Waals surface area contributed by atoms with Crippen LogP contribution < -0.4 is 14.8 Å². The van der Waals surface area contributed by atoms with Gasteiger partial charge in [-0.1, -0.05) is 22.9 Å². The van der Waals surface area contributed by atoms with E-state index in [1.807, 2.05) is 0 Å². The van der Waals surface area contributed by atoms with Gasteiger partial charge in [-0.3, -0.25) is 9.59 Å². The number of rotatable bonds is 2. The van der Waals surface area contributed by atoms with Crippen LogP contribution in [0.2, 0.25) is 5.02 Å². The van der Waals surface area contributed by atoms with Crippen molar-refractivity contribution in [3.8, 4) is 5.75 Å². The SMILES string of the molecule is CC(=O)Oc1ccc(Cl)cc1/C=c1\sc2nc(C)nn2c1=O. The molecule has 0 fully saturated rings. The first-order valence-electron chi connectivity index (χ1n) is 6.30. The van der Waals surface area contributed by atoms with Crippen molar-refractivity contribution < 1.29 is 9.53 Å². The van der Waals surface area contributed by atoms with Gasteiger partial charge in [-0.2, -0.15) is 4.52 Å². The van der Waals surface area contributed by atoms with Gasteiger partial charge in [0.15, 0.2) is 0 Å². The summed E-state index contributed by atoms with van der Waals surface area (Å²) in [5.74, 6) is 0.433. The molecule has 6 nitrogen and oxygen atoms in total. The van der Waals surface area contributed by atoms with Crippen molar-refractivity contribution in [3.63, 3.8) is 0 Å². The molecule has 0 aliphatic heterocycles. The third-order valence-electron chi connectivity index (χ3n) is 2.80. The van der Waals surface area contributed by atoms with Gasteiger partial charge in [-0.15, -0.1) is 5.10 Å². The number of carbonyl (C=O) groups is 1. The average Bonchev–Trinajstić information content (AvgIpc) is 2.92. The Bertz CT molecular complexity index is 993. The van der Waals surface area contributed by atoms with E-state index in [4.69, 9.17) is 16.3 Å². The minimum absolute atomic E-state index is 0.269. The fraction of sp³-hybridized carbons (Fsp3) is 0.143. The molecule has 0 aliphatic carbocycles. The van der Waals surface area contributed by atoms with E-state index in [2.05, 4.69) is 10.1 Å². The molecule has 3 rings (SSSR count). The predicted octanol–water partition coefficient (Wildman–Crippen LogP) is 1.59. The van der Waals surface area contributed by atoms with E-state index < -0.39 is 5.97 Å². The summed E-state index contributed by atoms with van der Waals surface area (Å²) in [6.45, 7) is 3.03. The molecule has 0 saturated heterocycles. The van der Waals surface area contributed by atoms with Crippen molar-refractivity contribution in [2.45, 2.75) is 13.8 Å². The smallest absolute Gasteiger partial charge is 0.308 e. The molecule has 0 saturated carbocycles. The van der Waals surface area contributed by atoms with Crippen LogP contribution in [0.15, 0.2) is 23.0 Å². The maximum atomic E-state index is 12.3. The lowest BCUT2D eigenvalue weighted by atomic mass is 10.2. The molecule has 0 radical (unpaired) electrons. The summed E-state index contributed by atoms with van der Waals surface area (Å²) in [7, 11) is 0. The second-order valence-electron chi connectivity index (χ2n) is 4.54. The molecule has 112 valence electrons. The fourth-order valence-corrected chi connectivity index (χ4v) is 3.08. The Balaban J connectivity index is 2.19. The Morgan fingerprint density at radius 1 is 1.45 bits per heavy atom. The van der Waals surface area contributed by atoms with Crippen molar-refractivity contribution in [1.82, 2.24) is 14.6 Å². The number of aryl methyl sites for hydroxylation is 1. The van der Waals surface area contributed by atoms with Crippen molar-refractivity contribution >= 4 is 39.9 Å². The number of fused-ring (bicyclic) bond motifs is 1. The summed E-state index contributed by atoms with van der Waals surface area (Å²) in [4.78, 5) is 28.1. The Kier molecular flexibility index (Phi) is 3.67. The van der Waals surface area contributed by atoms with Crippen LogP contribution in [-0.4, -0.2) is 20.6 Å². The van der Waals surface area contributed by atoms with Crippen molar-refractivity contribution in [3.05, 3.63) is 49.5 Å². The topological polar surface area (TPSA) is 73.6 Å². The summed E-state index contributed by atoms with van der Waals surface area (Å²) < 4.78 is 6.81.